The van der Waals surface area contributed by atoms with Crippen LogP contribution < -0.4 is 9.64 Å². The largest absolute Gasteiger partial charge is 0.490 e. The molecule has 0 amide bonds. The molecule has 0 aliphatic rings. The molecule has 0 saturated carbocycles. The highest BCUT2D eigenvalue weighted by molar-refractivity contribution is 6.31. The summed E-state index contributed by atoms with van der Waals surface area (Å²) in [4.78, 5) is 9.97. The van der Waals surface area contributed by atoms with E-state index in [1.807, 2.05) is 30.1 Å². The Bertz CT molecular complexity index is 654. The summed E-state index contributed by atoms with van der Waals surface area (Å²) in [5, 5.41) is 9.18. The molecule has 102 valence electrons. The molecule has 6 heteroatoms. The zero-order chi connectivity index (χ0) is 14.5. The second kappa shape index (κ2) is 6.22. The second-order valence-electron chi connectivity index (χ2n) is 4.19. The molecule has 2 aromatic rings. The summed E-state index contributed by atoms with van der Waals surface area (Å²) in [6.45, 7) is 0.583. The Hall–Kier alpha value is -2.32. The number of methoxy groups -OCH3 is 1. The van der Waals surface area contributed by atoms with E-state index in [1.54, 1.807) is 6.07 Å². The zero-order valence-corrected chi connectivity index (χ0v) is 11.9. The van der Waals surface area contributed by atoms with Crippen LogP contribution in [-0.2, 0) is 6.54 Å². The van der Waals surface area contributed by atoms with Gasteiger partial charge in [-0.25, -0.2) is 9.97 Å². The van der Waals surface area contributed by atoms with Crippen LogP contribution in [0.2, 0.25) is 5.15 Å². The van der Waals surface area contributed by atoms with Gasteiger partial charge in [0.2, 0.25) is 0 Å². The normalized spacial score (nSPS) is 9.90. The first-order valence-electron chi connectivity index (χ1n) is 5.90. The van der Waals surface area contributed by atoms with E-state index in [0.29, 0.717) is 23.7 Å². The topological polar surface area (TPSA) is 62.0 Å². The number of nitrogens with zero attached hydrogens (tertiary/aromatic N) is 4. The van der Waals surface area contributed by atoms with Gasteiger partial charge in [-0.1, -0.05) is 23.7 Å². The van der Waals surface area contributed by atoms with Crippen LogP contribution in [0.15, 0.2) is 30.6 Å². The number of halogens is 1. The Morgan fingerprint density at radius 3 is 2.90 bits per heavy atom. The van der Waals surface area contributed by atoms with Crippen molar-refractivity contribution in [2.24, 2.45) is 0 Å². The lowest BCUT2D eigenvalue weighted by atomic mass is 10.1. The minimum Gasteiger partial charge on any atom is -0.490 e. The molecule has 0 fully saturated rings. The van der Waals surface area contributed by atoms with Crippen molar-refractivity contribution in [3.05, 3.63) is 46.9 Å². The van der Waals surface area contributed by atoms with Gasteiger partial charge in [-0.2, -0.15) is 5.26 Å². The Labute approximate surface area is 122 Å². The number of hydrogen-bond donors (Lipinski definition) is 0. The summed E-state index contributed by atoms with van der Waals surface area (Å²) in [6, 6.07) is 9.53. The maximum absolute atomic E-state index is 8.91. The molecule has 1 aromatic carbocycles. The monoisotopic (exact) mass is 288 g/mol. The van der Waals surface area contributed by atoms with Gasteiger partial charge in [0.25, 0.3) is 0 Å². The molecule has 0 unspecified atom stereocenters. The van der Waals surface area contributed by atoms with Crippen LogP contribution in [0.3, 0.4) is 0 Å². The van der Waals surface area contributed by atoms with Crippen molar-refractivity contribution >= 4 is 17.4 Å². The number of anilines is 1. The van der Waals surface area contributed by atoms with Gasteiger partial charge in [0.05, 0.1) is 18.7 Å². The van der Waals surface area contributed by atoms with Crippen molar-refractivity contribution in [3.63, 3.8) is 0 Å². The average molecular weight is 289 g/mol. The number of rotatable bonds is 4. The number of benzene rings is 1. The lowest BCUT2D eigenvalue weighted by Crippen LogP contribution is -2.19. The van der Waals surface area contributed by atoms with Crippen molar-refractivity contribution in [2.45, 2.75) is 6.54 Å². The first kappa shape index (κ1) is 14.1. The Morgan fingerprint density at radius 1 is 1.40 bits per heavy atom. The zero-order valence-electron chi connectivity index (χ0n) is 11.2. The summed E-state index contributed by atoms with van der Waals surface area (Å²) in [5.74, 6) is 1.04. The van der Waals surface area contributed by atoms with Crippen LogP contribution in [0.4, 0.5) is 5.82 Å². The third-order valence-electron chi connectivity index (χ3n) is 2.78. The first-order chi connectivity index (χ1) is 9.65. The Balaban J connectivity index is 2.26. The third-order valence-corrected chi connectivity index (χ3v) is 3.05. The molecule has 0 bridgehead atoms. The summed E-state index contributed by atoms with van der Waals surface area (Å²) in [5.41, 5.74) is 1.63. The standard InChI is InChI=1S/C14H13ClN4O/c1-19(8-11-5-3-4-10(6-11)7-16)14-12(20-2)13(15)17-9-18-14/h3-6,9H,8H2,1-2H3. The molecule has 20 heavy (non-hydrogen) atoms. The van der Waals surface area contributed by atoms with Gasteiger partial charge in [0, 0.05) is 13.6 Å². The molecule has 0 spiro atoms. The van der Waals surface area contributed by atoms with Gasteiger partial charge in [-0.15, -0.1) is 0 Å². The number of hydrogen-bond acceptors (Lipinski definition) is 5. The van der Waals surface area contributed by atoms with Crippen LogP contribution >= 0.6 is 11.6 Å². The molecular weight excluding hydrogens is 276 g/mol. The number of nitriles is 1. The summed E-state index contributed by atoms with van der Waals surface area (Å²) < 4.78 is 5.23. The van der Waals surface area contributed by atoms with E-state index < -0.39 is 0 Å². The molecule has 1 heterocycles. The molecule has 0 radical (unpaired) electrons. The molecule has 0 aliphatic carbocycles. The van der Waals surface area contributed by atoms with E-state index in [1.165, 1.54) is 13.4 Å². The minimum atomic E-state index is 0.273. The van der Waals surface area contributed by atoms with Gasteiger partial charge in [-0.05, 0) is 17.7 Å². The van der Waals surface area contributed by atoms with Crippen molar-refractivity contribution in [3.8, 4) is 11.8 Å². The van der Waals surface area contributed by atoms with E-state index >= 15 is 0 Å². The van der Waals surface area contributed by atoms with Crippen molar-refractivity contribution < 1.29 is 4.74 Å². The van der Waals surface area contributed by atoms with Gasteiger partial charge in [-0.3, -0.25) is 0 Å². The van der Waals surface area contributed by atoms with Gasteiger partial charge in [0.1, 0.15) is 6.33 Å². The molecule has 0 saturated heterocycles. The quantitative estimate of drug-likeness (QED) is 0.809. The van der Waals surface area contributed by atoms with E-state index in [9.17, 15) is 0 Å². The molecule has 5 nitrogen and oxygen atoms in total. The molecule has 0 aliphatic heterocycles. The van der Waals surface area contributed by atoms with Crippen LogP contribution in [0.1, 0.15) is 11.1 Å². The average Bonchev–Trinajstić information content (AvgIpc) is 2.47. The van der Waals surface area contributed by atoms with E-state index in [2.05, 4.69) is 16.0 Å². The molecule has 2 rings (SSSR count). The van der Waals surface area contributed by atoms with Crippen molar-refractivity contribution in [1.82, 2.24) is 9.97 Å². The Morgan fingerprint density at radius 2 is 2.20 bits per heavy atom. The predicted octanol–water partition coefficient (Wildman–Crippen LogP) is 2.65. The first-order valence-corrected chi connectivity index (χ1v) is 6.28. The fourth-order valence-corrected chi connectivity index (χ4v) is 2.08. The number of ether oxygens (including phenoxy) is 1. The van der Waals surface area contributed by atoms with Crippen LogP contribution in [0.5, 0.6) is 5.75 Å². The van der Waals surface area contributed by atoms with Crippen LogP contribution in [-0.4, -0.2) is 24.1 Å². The van der Waals surface area contributed by atoms with Gasteiger partial charge in [0.15, 0.2) is 16.7 Å². The third kappa shape index (κ3) is 2.98. The van der Waals surface area contributed by atoms with Gasteiger partial charge < -0.3 is 9.64 Å². The van der Waals surface area contributed by atoms with Crippen molar-refractivity contribution in [2.75, 3.05) is 19.1 Å². The smallest absolute Gasteiger partial charge is 0.199 e. The minimum absolute atomic E-state index is 0.273. The maximum atomic E-state index is 8.91. The fourth-order valence-electron chi connectivity index (χ4n) is 1.88. The van der Waals surface area contributed by atoms with E-state index in [4.69, 9.17) is 21.6 Å². The summed E-state index contributed by atoms with van der Waals surface area (Å²) >= 11 is 5.98. The molecule has 1 aromatic heterocycles. The highest BCUT2D eigenvalue weighted by atomic mass is 35.5. The summed E-state index contributed by atoms with van der Waals surface area (Å²) in [7, 11) is 3.40. The molecule has 0 atom stereocenters. The molecular formula is C14H13ClN4O. The maximum Gasteiger partial charge on any atom is 0.199 e. The number of aromatic nitrogens is 2. The lowest BCUT2D eigenvalue weighted by molar-refractivity contribution is 0.411. The van der Waals surface area contributed by atoms with Gasteiger partial charge >= 0.3 is 0 Å². The second-order valence-corrected chi connectivity index (χ2v) is 4.55. The van der Waals surface area contributed by atoms with Crippen molar-refractivity contribution in [1.29, 1.82) is 5.26 Å². The highest BCUT2D eigenvalue weighted by Crippen LogP contribution is 2.31. The lowest BCUT2D eigenvalue weighted by Gasteiger charge is -2.20. The van der Waals surface area contributed by atoms with E-state index in [0.717, 1.165) is 5.56 Å². The molecule has 0 N–H and O–H groups in total. The van der Waals surface area contributed by atoms with Crippen LogP contribution in [0.25, 0.3) is 0 Å². The highest BCUT2D eigenvalue weighted by Gasteiger charge is 2.14. The van der Waals surface area contributed by atoms with Crippen LogP contribution in [0, 0.1) is 11.3 Å². The fraction of sp³-hybridized carbons (Fsp3) is 0.214. The Kier molecular flexibility index (Phi) is 4.38. The summed E-state index contributed by atoms with van der Waals surface area (Å²) in [6.07, 6.45) is 1.39. The van der Waals surface area contributed by atoms with E-state index in [-0.39, 0.29) is 5.15 Å². The SMILES string of the molecule is COc1c(Cl)ncnc1N(C)Cc1cccc(C#N)c1. The predicted molar refractivity (Wildman–Crippen MR) is 76.9 cm³/mol.